The number of aryl methyl sites for hydroxylation is 1. The Morgan fingerprint density at radius 3 is 2.79 bits per heavy atom. The summed E-state index contributed by atoms with van der Waals surface area (Å²) in [5, 5.41) is 0. The molecule has 14 heavy (non-hydrogen) atoms. The van der Waals surface area contributed by atoms with Gasteiger partial charge in [0.15, 0.2) is 0 Å². The molecule has 3 nitrogen and oxygen atoms in total. The molecule has 5 heteroatoms. The van der Waals surface area contributed by atoms with E-state index >= 15 is 0 Å². The number of hydrogen-bond donors (Lipinski definition) is 1. The van der Waals surface area contributed by atoms with Crippen LogP contribution in [0.3, 0.4) is 0 Å². The largest absolute Gasteiger partial charge is 0.285 e. The molecule has 1 aliphatic rings. The fourth-order valence-electron chi connectivity index (χ4n) is 1.51. The summed E-state index contributed by atoms with van der Waals surface area (Å²) in [5.41, 5.74) is 1.16. The third-order valence-corrected chi connectivity index (χ3v) is 5.28. The predicted molar refractivity (Wildman–Crippen MR) is 56.0 cm³/mol. The maximum absolute atomic E-state index is 10.9. The fraction of sp³-hybridized carbons (Fsp3) is 0.333. The highest BCUT2D eigenvalue weighted by molar-refractivity contribution is 8.11. The molecule has 0 radical (unpaired) electrons. The molecule has 1 unspecified atom stereocenters. The predicted octanol–water partition coefficient (Wildman–Crippen LogP) is 1.94. The molecule has 0 spiro atoms. The molecule has 0 fully saturated rings. The van der Waals surface area contributed by atoms with Crippen molar-refractivity contribution in [1.82, 2.24) is 0 Å². The third-order valence-electron chi connectivity index (χ3n) is 2.21. The minimum absolute atomic E-state index is 0.487. The molecular formula is C9H10O3S2. The summed E-state index contributed by atoms with van der Waals surface area (Å²) in [6.07, 6.45) is 1.20. The Bertz CT molecular complexity index is 439. The molecule has 0 amide bonds. The van der Waals surface area contributed by atoms with Crippen molar-refractivity contribution >= 4 is 21.9 Å². The summed E-state index contributed by atoms with van der Waals surface area (Å²) in [4.78, 5) is 0.960. The van der Waals surface area contributed by atoms with Crippen molar-refractivity contribution in [2.75, 3.05) is 0 Å². The molecule has 1 aliphatic heterocycles. The molecule has 2 rings (SSSR count). The van der Waals surface area contributed by atoms with Gasteiger partial charge in [0.05, 0.1) is 0 Å². The number of rotatable bonds is 1. The first-order valence-corrected chi connectivity index (χ1v) is 6.66. The normalized spacial score (nSPS) is 21.6. The van der Waals surface area contributed by atoms with E-state index in [1.807, 2.05) is 24.3 Å². The van der Waals surface area contributed by atoms with E-state index in [2.05, 4.69) is 0 Å². The van der Waals surface area contributed by atoms with Gasteiger partial charge in [-0.05, 0) is 24.5 Å². The van der Waals surface area contributed by atoms with E-state index in [0.29, 0.717) is 12.8 Å². The van der Waals surface area contributed by atoms with Crippen LogP contribution in [0.15, 0.2) is 29.2 Å². The van der Waals surface area contributed by atoms with Gasteiger partial charge in [-0.2, -0.15) is 8.42 Å². The van der Waals surface area contributed by atoms with Crippen LogP contribution in [0, 0.1) is 0 Å². The highest BCUT2D eigenvalue weighted by atomic mass is 32.3. The van der Waals surface area contributed by atoms with Gasteiger partial charge in [-0.3, -0.25) is 4.55 Å². The molecule has 0 aliphatic carbocycles. The van der Waals surface area contributed by atoms with E-state index in [1.165, 1.54) is 11.8 Å². The summed E-state index contributed by atoms with van der Waals surface area (Å²) < 4.78 is 30.1. The van der Waals surface area contributed by atoms with E-state index in [-0.39, 0.29) is 0 Å². The second kappa shape index (κ2) is 3.56. The molecular weight excluding hydrogens is 220 g/mol. The van der Waals surface area contributed by atoms with Gasteiger partial charge in [0.2, 0.25) is 0 Å². The highest BCUT2D eigenvalue weighted by Gasteiger charge is 2.28. The molecule has 76 valence electrons. The maximum atomic E-state index is 10.9. The smallest absolute Gasteiger partial charge is 0.277 e. The van der Waals surface area contributed by atoms with Crippen LogP contribution in [0.5, 0.6) is 0 Å². The lowest BCUT2D eigenvalue weighted by molar-refractivity contribution is 0.476. The Kier molecular flexibility index (Phi) is 2.55. The molecule has 0 saturated heterocycles. The minimum atomic E-state index is -3.91. The molecule has 1 N–H and O–H groups in total. The van der Waals surface area contributed by atoms with Crippen molar-refractivity contribution in [2.24, 2.45) is 0 Å². The van der Waals surface area contributed by atoms with E-state index in [0.717, 1.165) is 10.5 Å². The van der Waals surface area contributed by atoms with Crippen LogP contribution in [0.1, 0.15) is 12.0 Å². The van der Waals surface area contributed by atoms with Gasteiger partial charge in [0, 0.05) is 4.90 Å². The fourth-order valence-corrected chi connectivity index (χ4v) is 3.72. The second-order valence-electron chi connectivity index (χ2n) is 3.21. The average molecular weight is 230 g/mol. The first-order chi connectivity index (χ1) is 6.57. The van der Waals surface area contributed by atoms with Crippen LogP contribution in [0.2, 0.25) is 0 Å². The second-order valence-corrected chi connectivity index (χ2v) is 6.35. The molecule has 0 bridgehead atoms. The summed E-state index contributed by atoms with van der Waals surface area (Å²) >= 11 is 1.23. The van der Waals surface area contributed by atoms with Crippen LogP contribution in [0.4, 0.5) is 0 Å². The molecule has 0 aromatic heterocycles. The lowest BCUT2D eigenvalue weighted by Crippen LogP contribution is -2.20. The third kappa shape index (κ3) is 1.94. The van der Waals surface area contributed by atoms with Crippen molar-refractivity contribution < 1.29 is 13.0 Å². The van der Waals surface area contributed by atoms with Crippen molar-refractivity contribution in [1.29, 1.82) is 0 Å². The van der Waals surface area contributed by atoms with Crippen molar-refractivity contribution in [3.05, 3.63) is 29.8 Å². The lowest BCUT2D eigenvalue weighted by Gasteiger charge is -2.21. The van der Waals surface area contributed by atoms with Crippen LogP contribution in [0.25, 0.3) is 0 Å². The quantitative estimate of drug-likeness (QED) is 0.749. The van der Waals surface area contributed by atoms with Gasteiger partial charge in [-0.15, -0.1) is 11.8 Å². The molecule has 1 heterocycles. The van der Waals surface area contributed by atoms with Crippen LogP contribution < -0.4 is 0 Å². The summed E-state index contributed by atoms with van der Waals surface area (Å²) in [6.45, 7) is 0. The van der Waals surface area contributed by atoms with Crippen molar-refractivity contribution in [3.63, 3.8) is 0 Å². The molecule has 1 aromatic rings. The Labute approximate surface area is 87.3 Å². The van der Waals surface area contributed by atoms with Crippen LogP contribution in [-0.4, -0.2) is 17.6 Å². The monoisotopic (exact) mass is 230 g/mol. The van der Waals surface area contributed by atoms with Gasteiger partial charge in [0.25, 0.3) is 10.1 Å². The topological polar surface area (TPSA) is 54.4 Å². The zero-order valence-electron chi connectivity index (χ0n) is 7.38. The lowest BCUT2D eigenvalue weighted by atomic mass is 10.1. The van der Waals surface area contributed by atoms with Crippen LogP contribution in [-0.2, 0) is 16.5 Å². The Morgan fingerprint density at radius 2 is 2.07 bits per heavy atom. The number of hydrogen-bond acceptors (Lipinski definition) is 3. The SMILES string of the molecule is O=S(=O)(O)C1CCc2ccccc2S1. The first-order valence-electron chi connectivity index (χ1n) is 4.28. The summed E-state index contributed by atoms with van der Waals surface area (Å²) in [5.74, 6) is 0. The minimum Gasteiger partial charge on any atom is -0.285 e. The number of thioether (sulfide) groups is 1. The average Bonchev–Trinajstić information content (AvgIpc) is 2.16. The Hall–Kier alpha value is -0.520. The Balaban J connectivity index is 2.30. The van der Waals surface area contributed by atoms with Gasteiger partial charge in [-0.1, -0.05) is 18.2 Å². The molecule has 1 aromatic carbocycles. The zero-order chi connectivity index (χ0) is 10.2. The summed E-state index contributed by atoms with van der Waals surface area (Å²) in [7, 11) is -3.91. The van der Waals surface area contributed by atoms with E-state index in [1.54, 1.807) is 0 Å². The van der Waals surface area contributed by atoms with Crippen molar-refractivity contribution in [2.45, 2.75) is 22.3 Å². The van der Waals surface area contributed by atoms with E-state index < -0.39 is 14.7 Å². The van der Waals surface area contributed by atoms with Gasteiger partial charge in [-0.25, -0.2) is 0 Å². The number of benzene rings is 1. The van der Waals surface area contributed by atoms with E-state index in [4.69, 9.17) is 4.55 Å². The molecule has 0 saturated carbocycles. The standard InChI is InChI=1S/C9H10O3S2/c10-14(11,12)9-6-5-7-3-1-2-4-8(7)13-9/h1-4,9H,5-6H2,(H,10,11,12). The summed E-state index contributed by atoms with van der Waals surface area (Å²) in [6, 6.07) is 7.69. The number of fused-ring (bicyclic) bond motifs is 1. The van der Waals surface area contributed by atoms with Gasteiger partial charge < -0.3 is 0 Å². The van der Waals surface area contributed by atoms with E-state index in [9.17, 15) is 8.42 Å². The van der Waals surface area contributed by atoms with Gasteiger partial charge in [0.1, 0.15) is 4.58 Å². The first kappa shape index (κ1) is 10.0. The van der Waals surface area contributed by atoms with Crippen LogP contribution >= 0.6 is 11.8 Å². The maximum Gasteiger partial charge on any atom is 0.277 e. The molecule has 1 atom stereocenters. The highest BCUT2D eigenvalue weighted by Crippen LogP contribution is 2.37. The Morgan fingerprint density at radius 1 is 1.36 bits per heavy atom. The van der Waals surface area contributed by atoms with Crippen molar-refractivity contribution in [3.8, 4) is 0 Å². The van der Waals surface area contributed by atoms with Gasteiger partial charge >= 0.3 is 0 Å². The zero-order valence-corrected chi connectivity index (χ0v) is 9.01.